The van der Waals surface area contributed by atoms with Crippen LogP contribution in [0.25, 0.3) is 0 Å². The van der Waals surface area contributed by atoms with Crippen molar-refractivity contribution in [2.24, 2.45) is 7.05 Å². The van der Waals surface area contributed by atoms with E-state index in [4.69, 9.17) is 0 Å². The molecule has 1 aromatic carbocycles. The van der Waals surface area contributed by atoms with Crippen molar-refractivity contribution < 1.29 is 13.9 Å². The topological polar surface area (TPSA) is 38.0 Å². The molecule has 0 aliphatic rings. The van der Waals surface area contributed by atoms with E-state index in [-0.39, 0.29) is 10.0 Å². The molecule has 1 aromatic heterocycles. The molecule has 0 bridgehead atoms. The third-order valence-corrected chi connectivity index (χ3v) is 3.80. The number of aromatic nitrogens is 2. The van der Waals surface area contributed by atoms with Crippen LogP contribution >= 0.6 is 15.9 Å². The van der Waals surface area contributed by atoms with Crippen LogP contribution in [0.15, 0.2) is 16.6 Å². The molecule has 102 valence electrons. The van der Waals surface area contributed by atoms with Gasteiger partial charge in [-0.05, 0) is 41.9 Å². The Hall–Kier alpha value is -1.27. The lowest BCUT2D eigenvalue weighted by molar-refractivity contribution is 0.207. The Morgan fingerprint density at radius 1 is 1.26 bits per heavy atom. The number of halogens is 3. The standard InChI is InChI=1S/C13H13BrF2N2O/c1-6-10(7(2)18(3)17-6)13(19)11-9(15)5-4-8(14)12(11)16/h4-5,13,19H,1-3H3. The molecule has 0 saturated carbocycles. The molecule has 1 heterocycles. The summed E-state index contributed by atoms with van der Waals surface area (Å²) in [5.41, 5.74) is 1.28. The summed E-state index contributed by atoms with van der Waals surface area (Å²) < 4.78 is 29.5. The van der Waals surface area contributed by atoms with Crippen LogP contribution in [0.5, 0.6) is 0 Å². The summed E-state index contributed by atoms with van der Waals surface area (Å²) >= 11 is 2.99. The van der Waals surface area contributed by atoms with Crippen molar-refractivity contribution >= 4 is 15.9 Å². The van der Waals surface area contributed by atoms with Crippen molar-refractivity contribution in [3.63, 3.8) is 0 Å². The smallest absolute Gasteiger partial charge is 0.146 e. The van der Waals surface area contributed by atoms with Crippen molar-refractivity contribution in [1.82, 2.24) is 9.78 Å². The van der Waals surface area contributed by atoms with Gasteiger partial charge in [-0.15, -0.1) is 0 Å². The Balaban J connectivity index is 2.62. The van der Waals surface area contributed by atoms with Crippen LogP contribution in [0.1, 0.15) is 28.6 Å². The number of aryl methyl sites for hydroxylation is 2. The molecule has 2 aromatic rings. The fourth-order valence-corrected chi connectivity index (χ4v) is 2.47. The summed E-state index contributed by atoms with van der Waals surface area (Å²) in [5, 5.41) is 14.4. The highest BCUT2D eigenvalue weighted by molar-refractivity contribution is 9.10. The van der Waals surface area contributed by atoms with Crippen molar-refractivity contribution in [3.8, 4) is 0 Å². The fourth-order valence-electron chi connectivity index (χ4n) is 2.12. The van der Waals surface area contributed by atoms with Crippen LogP contribution in [-0.2, 0) is 7.05 Å². The van der Waals surface area contributed by atoms with E-state index in [1.807, 2.05) is 0 Å². The number of aliphatic hydroxyl groups excluding tert-OH is 1. The molecule has 1 atom stereocenters. The van der Waals surface area contributed by atoms with Gasteiger partial charge in [0.1, 0.15) is 17.7 Å². The predicted octanol–water partition coefficient (Wildman–Crippen LogP) is 3.16. The lowest BCUT2D eigenvalue weighted by atomic mass is 9.99. The second-order valence-electron chi connectivity index (χ2n) is 4.37. The van der Waals surface area contributed by atoms with E-state index >= 15 is 0 Å². The molecule has 0 amide bonds. The maximum Gasteiger partial charge on any atom is 0.146 e. The number of rotatable bonds is 2. The molecule has 0 fully saturated rings. The highest BCUT2D eigenvalue weighted by Crippen LogP contribution is 2.33. The van der Waals surface area contributed by atoms with Crippen molar-refractivity contribution in [2.75, 3.05) is 0 Å². The van der Waals surface area contributed by atoms with E-state index in [0.717, 1.165) is 6.07 Å². The predicted molar refractivity (Wildman–Crippen MR) is 70.8 cm³/mol. The van der Waals surface area contributed by atoms with Gasteiger partial charge in [0.05, 0.1) is 15.7 Å². The number of aliphatic hydroxyl groups is 1. The SMILES string of the molecule is Cc1nn(C)c(C)c1C(O)c1c(F)ccc(Br)c1F. The average molecular weight is 331 g/mol. The number of hydrogen-bond donors (Lipinski definition) is 1. The van der Waals surface area contributed by atoms with Crippen LogP contribution in [0.2, 0.25) is 0 Å². The monoisotopic (exact) mass is 330 g/mol. The lowest BCUT2D eigenvalue weighted by Crippen LogP contribution is -2.08. The van der Waals surface area contributed by atoms with E-state index in [0.29, 0.717) is 17.0 Å². The first kappa shape index (κ1) is 14.1. The van der Waals surface area contributed by atoms with Crippen LogP contribution < -0.4 is 0 Å². The summed E-state index contributed by atoms with van der Waals surface area (Å²) in [6.07, 6.45) is -1.38. The highest BCUT2D eigenvalue weighted by Gasteiger charge is 2.26. The largest absolute Gasteiger partial charge is 0.383 e. The van der Waals surface area contributed by atoms with Gasteiger partial charge in [-0.2, -0.15) is 5.10 Å². The average Bonchev–Trinajstić information content (AvgIpc) is 2.58. The van der Waals surface area contributed by atoms with Gasteiger partial charge in [-0.25, -0.2) is 8.78 Å². The van der Waals surface area contributed by atoms with Gasteiger partial charge in [0.15, 0.2) is 0 Å². The lowest BCUT2D eigenvalue weighted by Gasteiger charge is -2.14. The van der Waals surface area contributed by atoms with Gasteiger partial charge >= 0.3 is 0 Å². The van der Waals surface area contributed by atoms with Crippen molar-refractivity contribution in [2.45, 2.75) is 20.0 Å². The number of nitrogens with zero attached hydrogens (tertiary/aromatic N) is 2. The quantitative estimate of drug-likeness (QED) is 0.859. The van der Waals surface area contributed by atoms with Gasteiger partial charge in [0.25, 0.3) is 0 Å². The Morgan fingerprint density at radius 2 is 1.89 bits per heavy atom. The van der Waals surface area contributed by atoms with Gasteiger partial charge in [0.2, 0.25) is 0 Å². The van der Waals surface area contributed by atoms with Crippen molar-refractivity contribution in [1.29, 1.82) is 0 Å². The van der Waals surface area contributed by atoms with Gasteiger partial charge in [-0.1, -0.05) is 0 Å². The van der Waals surface area contributed by atoms with E-state index in [1.54, 1.807) is 25.6 Å². The maximum absolute atomic E-state index is 14.0. The van der Waals surface area contributed by atoms with Crippen LogP contribution in [0.4, 0.5) is 8.78 Å². The first-order valence-electron chi connectivity index (χ1n) is 5.66. The summed E-state index contributed by atoms with van der Waals surface area (Å²) in [6, 6.07) is 2.39. The number of benzene rings is 1. The fraction of sp³-hybridized carbons (Fsp3) is 0.308. The minimum atomic E-state index is -1.38. The van der Waals surface area contributed by atoms with Gasteiger partial charge < -0.3 is 5.11 Å². The molecular formula is C13H13BrF2N2O. The zero-order chi connectivity index (χ0) is 14.3. The molecular weight excluding hydrogens is 318 g/mol. The Kier molecular flexibility index (Phi) is 3.73. The molecule has 0 saturated heterocycles. The highest BCUT2D eigenvalue weighted by atomic mass is 79.9. The molecule has 19 heavy (non-hydrogen) atoms. The Labute approximate surface area is 118 Å². The molecule has 1 unspecified atom stereocenters. The molecule has 0 aliphatic carbocycles. The van der Waals surface area contributed by atoms with Crippen molar-refractivity contribution in [3.05, 3.63) is 50.8 Å². The normalized spacial score (nSPS) is 12.8. The van der Waals surface area contributed by atoms with Crippen LogP contribution in [0.3, 0.4) is 0 Å². The first-order chi connectivity index (χ1) is 8.84. The minimum absolute atomic E-state index is 0.113. The van der Waals surface area contributed by atoms with Gasteiger partial charge in [0, 0.05) is 18.3 Å². The zero-order valence-electron chi connectivity index (χ0n) is 10.7. The Bertz CT molecular complexity index is 640. The van der Waals surface area contributed by atoms with Gasteiger partial charge in [-0.3, -0.25) is 4.68 Å². The molecule has 0 radical (unpaired) electrons. The zero-order valence-corrected chi connectivity index (χ0v) is 12.3. The molecule has 1 N–H and O–H groups in total. The second-order valence-corrected chi connectivity index (χ2v) is 5.22. The first-order valence-corrected chi connectivity index (χ1v) is 6.45. The summed E-state index contributed by atoms with van der Waals surface area (Å²) in [7, 11) is 1.71. The maximum atomic E-state index is 14.0. The van der Waals surface area contributed by atoms with E-state index in [9.17, 15) is 13.9 Å². The summed E-state index contributed by atoms with van der Waals surface area (Å²) in [5.74, 6) is -1.58. The minimum Gasteiger partial charge on any atom is -0.383 e. The van der Waals surface area contributed by atoms with Crippen LogP contribution in [-0.4, -0.2) is 14.9 Å². The molecule has 6 heteroatoms. The third-order valence-electron chi connectivity index (χ3n) is 3.19. The molecule has 0 spiro atoms. The molecule has 3 nitrogen and oxygen atoms in total. The van der Waals surface area contributed by atoms with E-state index in [2.05, 4.69) is 21.0 Å². The summed E-state index contributed by atoms with van der Waals surface area (Å²) in [6.45, 7) is 3.44. The molecule has 2 rings (SSSR count). The third kappa shape index (κ3) is 2.30. The second kappa shape index (κ2) is 5.02. The number of hydrogen-bond acceptors (Lipinski definition) is 2. The van der Waals surface area contributed by atoms with Crippen LogP contribution in [0, 0.1) is 25.5 Å². The Morgan fingerprint density at radius 3 is 2.42 bits per heavy atom. The van der Waals surface area contributed by atoms with E-state index in [1.165, 1.54) is 6.07 Å². The van der Waals surface area contributed by atoms with E-state index < -0.39 is 17.7 Å². The summed E-state index contributed by atoms with van der Waals surface area (Å²) in [4.78, 5) is 0. The molecule has 0 aliphatic heterocycles.